The lowest BCUT2D eigenvalue weighted by Gasteiger charge is -2.22. The summed E-state index contributed by atoms with van der Waals surface area (Å²) < 4.78 is 3.17. The highest BCUT2D eigenvalue weighted by Gasteiger charge is 2.11. The van der Waals surface area contributed by atoms with Gasteiger partial charge in [-0.2, -0.15) is 0 Å². The van der Waals surface area contributed by atoms with E-state index >= 15 is 0 Å². The van der Waals surface area contributed by atoms with E-state index in [4.69, 9.17) is 0 Å². The molecule has 6 nitrogen and oxygen atoms in total. The van der Waals surface area contributed by atoms with Crippen molar-refractivity contribution in [3.63, 3.8) is 0 Å². The molecule has 0 atom stereocenters. The number of rotatable bonds is 6. The van der Waals surface area contributed by atoms with Crippen molar-refractivity contribution in [3.05, 3.63) is 58.5 Å². The Kier molecular flexibility index (Phi) is 5.35. The SMILES string of the molecule is CCCN(CC)c1ccc(C(=O)Nc2ccc3c(c2)n(C)c(=O)n3C)cc1. The molecule has 0 radical (unpaired) electrons. The highest BCUT2D eigenvalue weighted by Crippen LogP contribution is 2.20. The normalized spacial score (nSPS) is 11.0. The number of amides is 1. The number of nitrogens with zero attached hydrogens (tertiary/aromatic N) is 3. The number of carbonyl (C=O) groups is 1. The Hall–Kier alpha value is -3.02. The summed E-state index contributed by atoms with van der Waals surface area (Å²) in [6.45, 7) is 6.22. The first kappa shape index (κ1) is 18.8. The van der Waals surface area contributed by atoms with Gasteiger partial charge in [0.1, 0.15) is 0 Å². The summed E-state index contributed by atoms with van der Waals surface area (Å²) in [5.74, 6) is -0.166. The summed E-state index contributed by atoms with van der Waals surface area (Å²) in [5, 5.41) is 2.92. The van der Waals surface area contributed by atoms with Gasteiger partial charge in [-0.3, -0.25) is 13.9 Å². The molecule has 6 heteroatoms. The van der Waals surface area contributed by atoms with Crippen molar-refractivity contribution in [1.82, 2.24) is 9.13 Å². The molecule has 0 bridgehead atoms. The fourth-order valence-corrected chi connectivity index (χ4v) is 3.35. The topological polar surface area (TPSA) is 59.3 Å². The lowest BCUT2D eigenvalue weighted by atomic mass is 10.1. The minimum Gasteiger partial charge on any atom is -0.372 e. The molecule has 0 aliphatic heterocycles. The summed E-state index contributed by atoms with van der Waals surface area (Å²) in [7, 11) is 3.47. The number of carbonyl (C=O) groups excluding carboxylic acids is 1. The molecule has 0 fully saturated rings. The Morgan fingerprint density at radius 1 is 1.00 bits per heavy atom. The van der Waals surface area contributed by atoms with E-state index in [2.05, 4.69) is 24.1 Å². The molecular weight excluding hydrogens is 340 g/mol. The van der Waals surface area contributed by atoms with Crippen LogP contribution in [0, 0.1) is 0 Å². The van der Waals surface area contributed by atoms with Crippen LogP contribution >= 0.6 is 0 Å². The lowest BCUT2D eigenvalue weighted by Crippen LogP contribution is -2.23. The van der Waals surface area contributed by atoms with Gasteiger partial charge >= 0.3 is 5.69 Å². The van der Waals surface area contributed by atoms with Crippen LogP contribution in [-0.4, -0.2) is 28.1 Å². The average molecular weight is 366 g/mol. The van der Waals surface area contributed by atoms with Gasteiger partial charge in [-0.1, -0.05) is 6.92 Å². The third kappa shape index (κ3) is 3.60. The molecule has 1 aromatic heterocycles. The van der Waals surface area contributed by atoms with Crippen molar-refractivity contribution < 1.29 is 4.79 Å². The van der Waals surface area contributed by atoms with Gasteiger partial charge < -0.3 is 10.2 Å². The Bertz CT molecular complexity index is 1020. The minimum absolute atomic E-state index is 0.0865. The van der Waals surface area contributed by atoms with Crippen LogP contribution in [0.4, 0.5) is 11.4 Å². The first-order chi connectivity index (χ1) is 13.0. The van der Waals surface area contributed by atoms with Crippen LogP contribution in [0.5, 0.6) is 0 Å². The molecular formula is C21H26N4O2. The average Bonchev–Trinajstić information content (AvgIpc) is 2.90. The van der Waals surface area contributed by atoms with E-state index in [1.807, 2.05) is 42.5 Å². The van der Waals surface area contributed by atoms with Gasteiger partial charge in [0.25, 0.3) is 5.91 Å². The Labute approximate surface area is 159 Å². The summed E-state index contributed by atoms with van der Waals surface area (Å²) in [4.78, 5) is 26.9. The first-order valence-electron chi connectivity index (χ1n) is 9.28. The van der Waals surface area contributed by atoms with Gasteiger partial charge in [0, 0.05) is 44.1 Å². The van der Waals surface area contributed by atoms with Crippen LogP contribution in [0.1, 0.15) is 30.6 Å². The van der Waals surface area contributed by atoms with E-state index in [0.717, 1.165) is 36.2 Å². The van der Waals surface area contributed by atoms with Gasteiger partial charge in [0.15, 0.2) is 0 Å². The molecule has 3 aromatic rings. The molecule has 0 aliphatic carbocycles. The second-order valence-electron chi connectivity index (χ2n) is 6.68. The summed E-state index contributed by atoms with van der Waals surface area (Å²) in [6, 6.07) is 13.1. The summed E-state index contributed by atoms with van der Waals surface area (Å²) in [6.07, 6.45) is 1.08. The van der Waals surface area contributed by atoms with E-state index in [0.29, 0.717) is 11.3 Å². The van der Waals surface area contributed by atoms with Crippen molar-refractivity contribution in [2.75, 3.05) is 23.3 Å². The third-order valence-corrected chi connectivity index (χ3v) is 4.90. The van der Waals surface area contributed by atoms with Crippen LogP contribution in [0.15, 0.2) is 47.3 Å². The monoisotopic (exact) mass is 366 g/mol. The van der Waals surface area contributed by atoms with Crippen LogP contribution in [0.3, 0.4) is 0 Å². The van der Waals surface area contributed by atoms with E-state index in [1.165, 1.54) is 0 Å². The van der Waals surface area contributed by atoms with Crippen molar-refractivity contribution in [1.29, 1.82) is 0 Å². The lowest BCUT2D eigenvalue weighted by molar-refractivity contribution is 0.102. The molecule has 0 spiro atoms. The fourth-order valence-electron chi connectivity index (χ4n) is 3.35. The second kappa shape index (κ2) is 7.70. The fraction of sp³-hybridized carbons (Fsp3) is 0.333. The Balaban J connectivity index is 1.80. The highest BCUT2D eigenvalue weighted by atomic mass is 16.2. The number of aromatic nitrogens is 2. The molecule has 142 valence electrons. The second-order valence-corrected chi connectivity index (χ2v) is 6.68. The van der Waals surface area contributed by atoms with E-state index in [-0.39, 0.29) is 11.6 Å². The first-order valence-corrected chi connectivity index (χ1v) is 9.28. The molecule has 1 N–H and O–H groups in total. The largest absolute Gasteiger partial charge is 0.372 e. The Morgan fingerprint density at radius 2 is 1.67 bits per heavy atom. The van der Waals surface area contributed by atoms with Crippen LogP contribution < -0.4 is 15.9 Å². The smallest absolute Gasteiger partial charge is 0.328 e. The predicted molar refractivity (Wildman–Crippen MR) is 111 cm³/mol. The zero-order valence-electron chi connectivity index (χ0n) is 16.3. The maximum Gasteiger partial charge on any atom is 0.328 e. The third-order valence-electron chi connectivity index (χ3n) is 4.90. The molecule has 27 heavy (non-hydrogen) atoms. The number of hydrogen-bond acceptors (Lipinski definition) is 3. The minimum atomic E-state index is -0.166. The number of hydrogen-bond donors (Lipinski definition) is 1. The van der Waals surface area contributed by atoms with Gasteiger partial charge in [0.2, 0.25) is 0 Å². The number of fused-ring (bicyclic) bond motifs is 1. The van der Waals surface area contributed by atoms with Crippen LogP contribution in [-0.2, 0) is 14.1 Å². The van der Waals surface area contributed by atoms with E-state index in [9.17, 15) is 9.59 Å². The zero-order valence-corrected chi connectivity index (χ0v) is 16.3. The van der Waals surface area contributed by atoms with Crippen molar-refractivity contribution >= 4 is 28.3 Å². The molecule has 0 aliphatic rings. The maximum absolute atomic E-state index is 12.6. The quantitative estimate of drug-likeness (QED) is 0.728. The number of imidazole rings is 1. The van der Waals surface area contributed by atoms with Crippen molar-refractivity contribution in [2.45, 2.75) is 20.3 Å². The molecule has 1 heterocycles. The maximum atomic E-state index is 12.6. The molecule has 0 saturated carbocycles. The molecule has 0 saturated heterocycles. The summed E-state index contributed by atoms with van der Waals surface area (Å²) >= 11 is 0. The standard InChI is InChI=1S/C21H26N4O2/c1-5-13-25(6-2)17-10-7-15(8-11-17)20(26)22-16-9-12-18-19(14-16)24(4)21(27)23(18)3/h7-12,14H,5-6,13H2,1-4H3,(H,22,26). The van der Waals surface area contributed by atoms with Gasteiger partial charge in [-0.15, -0.1) is 0 Å². The highest BCUT2D eigenvalue weighted by molar-refractivity contribution is 6.05. The van der Waals surface area contributed by atoms with Gasteiger partial charge in [0.05, 0.1) is 11.0 Å². The number of nitrogens with one attached hydrogen (secondary N) is 1. The van der Waals surface area contributed by atoms with Gasteiger partial charge in [-0.25, -0.2) is 4.79 Å². The number of benzene rings is 2. The van der Waals surface area contributed by atoms with Crippen LogP contribution in [0.2, 0.25) is 0 Å². The van der Waals surface area contributed by atoms with Gasteiger partial charge in [-0.05, 0) is 55.8 Å². The summed E-state index contributed by atoms with van der Waals surface area (Å²) in [5.41, 5.74) is 3.93. The van der Waals surface area contributed by atoms with E-state index in [1.54, 1.807) is 23.2 Å². The molecule has 0 unspecified atom stereocenters. The van der Waals surface area contributed by atoms with E-state index < -0.39 is 0 Å². The van der Waals surface area contributed by atoms with Crippen molar-refractivity contribution in [2.24, 2.45) is 14.1 Å². The number of anilines is 2. The molecule has 3 rings (SSSR count). The molecule has 1 amide bonds. The predicted octanol–water partition coefficient (Wildman–Crippen LogP) is 3.37. The Morgan fingerprint density at radius 3 is 2.30 bits per heavy atom. The zero-order chi connectivity index (χ0) is 19.6. The molecule has 2 aromatic carbocycles. The number of aryl methyl sites for hydroxylation is 2. The van der Waals surface area contributed by atoms with Crippen LogP contribution in [0.25, 0.3) is 11.0 Å². The van der Waals surface area contributed by atoms with Crippen molar-refractivity contribution in [3.8, 4) is 0 Å².